The van der Waals surface area contributed by atoms with Gasteiger partial charge in [-0.2, -0.15) is 18.3 Å². The molecular formula is C14H12F3N3O3. The minimum absolute atomic E-state index is 0.0859. The number of rotatable bonds is 5. The van der Waals surface area contributed by atoms with Crippen LogP contribution in [0.3, 0.4) is 0 Å². The maximum absolute atomic E-state index is 12.1. The Morgan fingerprint density at radius 2 is 2.04 bits per heavy atom. The smallest absolute Gasteiger partial charge is 0.450 e. The lowest BCUT2D eigenvalue weighted by Crippen LogP contribution is -2.27. The number of carbonyl (C=O) groups is 2. The molecule has 1 amide bonds. The second-order valence-corrected chi connectivity index (χ2v) is 4.54. The van der Waals surface area contributed by atoms with E-state index in [0.717, 1.165) is 0 Å². The van der Waals surface area contributed by atoms with Crippen LogP contribution < -0.4 is 10.1 Å². The molecule has 0 radical (unpaired) electrons. The van der Waals surface area contributed by atoms with Crippen LogP contribution in [0.25, 0.3) is 11.3 Å². The Kier molecular flexibility index (Phi) is 4.68. The molecule has 122 valence electrons. The zero-order valence-corrected chi connectivity index (χ0v) is 11.9. The monoisotopic (exact) mass is 327 g/mol. The molecule has 0 saturated carbocycles. The van der Waals surface area contributed by atoms with E-state index in [0.29, 0.717) is 17.0 Å². The molecule has 0 unspecified atom stereocenters. The summed E-state index contributed by atoms with van der Waals surface area (Å²) < 4.78 is 41.3. The molecule has 2 rings (SSSR count). The topological polar surface area (TPSA) is 84.1 Å². The molecule has 0 bridgehead atoms. The van der Waals surface area contributed by atoms with E-state index in [-0.39, 0.29) is 5.82 Å². The van der Waals surface area contributed by atoms with Crippen molar-refractivity contribution >= 4 is 17.5 Å². The van der Waals surface area contributed by atoms with E-state index in [1.54, 1.807) is 24.3 Å². The van der Waals surface area contributed by atoms with Gasteiger partial charge in [-0.1, -0.05) is 12.1 Å². The highest BCUT2D eigenvalue weighted by Crippen LogP contribution is 2.24. The number of aromatic amines is 1. The normalized spacial score (nSPS) is 11.1. The predicted molar refractivity (Wildman–Crippen MR) is 74.9 cm³/mol. The predicted octanol–water partition coefficient (Wildman–Crippen LogP) is 2.55. The number of halogens is 3. The van der Waals surface area contributed by atoms with Gasteiger partial charge in [0.25, 0.3) is 0 Å². The Hall–Kier alpha value is -2.84. The lowest BCUT2D eigenvalue weighted by atomic mass is 10.1. The molecule has 0 aliphatic rings. The number of ether oxygens (including phenoxy) is 1. The van der Waals surface area contributed by atoms with Crippen molar-refractivity contribution < 1.29 is 27.5 Å². The maximum atomic E-state index is 12.1. The third-order valence-electron chi connectivity index (χ3n) is 2.85. The summed E-state index contributed by atoms with van der Waals surface area (Å²) in [6.45, 7) is 0. The van der Waals surface area contributed by atoms with E-state index in [2.05, 4.69) is 15.5 Å². The SMILES string of the molecule is COc1cccc(-c2cc(NC(=O)CC(=O)C(F)(F)F)[nH]n2)c1. The first-order chi connectivity index (χ1) is 10.8. The van der Waals surface area contributed by atoms with Gasteiger partial charge in [0, 0.05) is 11.6 Å². The number of Topliss-reactive ketones (excluding diaryl/α,β-unsaturated/α-hetero) is 1. The number of benzene rings is 1. The van der Waals surface area contributed by atoms with Crippen LogP contribution in [-0.4, -0.2) is 35.2 Å². The van der Waals surface area contributed by atoms with Crippen LogP contribution in [0.1, 0.15) is 6.42 Å². The summed E-state index contributed by atoms with van der Waals surface area (Å²) in [5, 5.41) is 8.56. The number of ketones is 1. The summed E-state index contributed by atoms with van der Waals surface area (Å²) in [6.07, 6.45) is -6.31. The summed E-state index contributed by atoms with van der Waals surface area (Å²) in [7, 11) is 1.51. The van der Waals surface area contributed by atoms with E-state index < -0.39 is 24.3 Å². The molecule has 1 aromatic heterocycles. The van der Waals surface area contributed by atoms with Crippen molar-refractivity contribution in [3.05, 3.63) is 30.3 Å². The van der Waals surface area contributed by atoms with Gasteiger partial charge in [-0.05, 0) is 12.1 Å². The summed E-state index contributed by atoms with van der Waals surface area (Å²) in [4.78, 5) is 22.2. The molecule has 0 saturated heterocycles. The molecule has 0 atom stereocenters. The van der Waals surface area contributed by atoms with Crippen LogP contribution in [0.4, 0.5) is 19.0 Å². The Bertz CT molecular complexity index is 725. The first kappa shape index (κ1) is 16.5. The van der Waals surface area contributed by atoms with Crippen LogP contribution in [0.15, 0.2) is 30.3 Å². The molecule has 2 aromatic rings. The average Bonchev–Trinajstić information content (AvgIpc) is 2.94. The lowest BCUT2D eigenvalue weighted by molar-refractivity contribution is -0.171. The fraction of sp³-hybridized carbons (Fsp3) is 0.214. The highest BCUT2D eigenvalue weighted by molar-refractivity contribution is 6.05. The summed E-state index contributed by atoms with van der Waals surface area (Å²) in [5.41, 5.74) is 1.15. The first-order valence-corrected chi connectivity index (χ1v) is 6.39. The number of alkyl halides is 3. The van der Waals surface area contributed by atoms with Crippen LogP contribution in [0.5, 0.6) is 5.75 Å². The van der Waals surface area contributed by atoms with E-state index in [9.17, 15) is 22.8 Å². The van der Waals surface area contributed by atoms with Gasteiger partial charge in [0.15, 0.2) is 0 Å². The molecule has 0 spiro atoms. The van der Waals surface area contributed by atoms with Crippen molar-refractivity contribution in [2.24, 2.45) is 0 Å². The highest BCUT2D eigenvalue weighted by Gasteiger charge is 2.39. The molecule has 23 heavy (non-hydrogen) atoms. The van der Waals surface area contributed by atoms with Gasteiger partial charge in [0.1, 0.15) is 11.6 Å². The second kappa shape index (κ2) is 6.51. The highest BCUT2D eigenvalue weighted by atomic mass is 19.4. The number of nitrogens with zero attached hydrogens (tertiary/aromatic N) is 1. The Labute approximate surface area is 128 Å². The third-order valence-corrected chi connectivity index (χ3v) is 2.85. The standard InChI is InChI=1S/C14H12F3N3O3/c1-23-9-4-2-3-8(5-9)10-6-12(20-19-10)18-13(22)7-11(21)14(15,16)17/h2-6H,7H2,1H3,(H2,18,19,20,22). The van der Waals surface area contributed by atoms with E-state index in [1.165, 1.54) is 13.2 Å². The van der Waals surface area contributed by atoms with Gasteiger partial charge >= 0.3 is 6.18 Å². The molecule has 1 aromatic carbocycles. The van der Waals surface area contributed by atoms with Crippen LogP contribution in [0.2, 0.25) is 0 Å². The number of amides is 1. The molecular weight excluding hydrogens is 315 g/mol. The molecule has 0 aliphatic heterocycles. The summed E-state index contributed by atoms with van der Waals surface area (Å²) in [5.74, 6) is -2.50. The zero-order valence-electron chi connectivity index (χ0n) is 11.9. The number of methoxy groups -OCH3 is 1. The van der Waals surface area contributed by atoms with E-state index in [4.69, 9.17) is 4.74 Å². The fourth-order valence-electron chi connectivity index (χ4n) is 1.76. The number of aromatic nitrogens is 2. The number of carbonyl (C=O) groups excluding carboxylic acids is 2. The zero-order chi connectivity index (χ0) is 17.0. The van der Waals surface area contributed by atoms with Gasteiger partial charge in [-0.25, -0.2) is 0 Å². The Morgan fingerprint density at radius 3 is 2.70 bits per heavy atom. The van der Waals surface area contributed by atoms with Crippen molar-refractivity contribution in [2.45, 2.75) is 12.6 Å². The van der Waals surface area contributed by atoms with Crippen molar-refractivity contribution in [1.82, 2.24) is 10.2 Å². The van der Waals surface area contributed by atoms with Gasteiger partial charge in [-0.3, -0.25) is 14.7 Å². The van der Waals surface area contributed by atoms with Gasteiger partial charge in [0.05, 0.1) is 19.2 Å². The minimum atomic E-state index is -5.03. The number of anilines is 1. The van der Waals surface area contributed by atoms with E-state index >= 15 is 0 Å². The minimum Gasteiger partial charge on any atom is -0.497 e. The van der Waals surface area contributed by atoms with Crippen molar-refractivity contribution in [1.29, 1.82) is 0 Å². The Morgan fingerprint density at radius 1 is 1.30 bits per heavy atom. The van der Waals surface area contributed by atoms with Crippen LogP contribution >= 0.6 is 0 Å². The number of hydrogen-bond donors (Lipinski definition) is 2. The average molecular weight is 327 g/mol. The third kappa shape index (κ3) is 4.31. The summed E-state index contributed by atoms with van der Waals surface area (Å²) >= 11 is 0. The maximum Gasteiger partial charge on any atom is 0.450 e. The molecule has 0 aliphatic carbocycles. The van der Waals surface area contributed by atoms with Gasteiger partial charge < -0.3 is 10.1 Å². The molecule has 9 heteroatoms. The number of hydrogen-bond acceptors (Lipinski definition) is 4. The molecule has 0 fully saturated rings. The van der Waals surface area contributed by atoms with Gasteiger partial charge in [-0.15, -0.1) is 0 Å². The van der Waals surface area contributed by atoms with Crippen molar-refractivity contribution in [3.8, 4) is 17.0 Å². The van der Waals surface area contributed by atoms with Crippen LogP contribution in [-0.2, 0) is 9.59 Å². The first-order valence-electron chi connectivity index (χ1n) is 6.39. The molecule has 2 N–H and O–H groups in total. The molecule has 6 nitrogen and oxygen atoms in total. The Balaban J connectivity index is 2.05. The lowest BCUT2D eigenvalue weighted by Gasteiger charge is -2.04. The van der Waals surface area contributed by atoms with E-state index in [1.807, 2.05) is 0 Å². The quantitative estimate of drug-likeness (QED) is 0.827. The van der Waals surface area contributed by atoms with Crippen LogP contribution in [0, 0.1) is 0 Å². The van der Waals surface area contributed by atoms with Crippen molar-refractivity contribution in [3.63, 3.8) is 0 Å². The second-order valence-electron chi connectivity index (χ2n) is 4.54. The van der Waals surface area contributed by atoms with Gasteiger partial charge in [0.2, 0.25) is 11.7 Å². The number of nitrogens with one attached hydrogen (secondary N) is 2. The van der Waals surface area contributed by atoms with Crippen molar-refractivity contribution in [2.75, 3.05) is 12.4 Å². The summed E-state index contributed by atoms with van der Waals surface area (Å²) in [6, 6.07) is 8.36. The number of H-pyrrole nitrogens is 1. The fourth-order valence-corrected chi connectivity index (χ4v) is 1.76. The molecule has 1 heterocycles. The largest absolute Gasteiger partial charge is 0.497 e.